The summed E-state index contributed by atoms with van der Waals surface area (Å²) in [5.74, 6) is 0.493. The molecule has 0 spiro atoms. The summed E-state index contributed by atoms with van der Waals surface area (Å²) in [6.07, 6.45) is -2.11. The number of hydrogen-bond donors (Lipinski definition) is 2. The van der Waals surface area contributed by atoms with Gasteiger partial charge in [0, 0.05) is 11.3 Å². The molecular weight excluding hydrogens is 253 g/mol. The Morgan fingerprint density at radius 2 is 2.18 bits per heavy atom. The molecule has 3 nitrogen and oxygen atoms in total. The highest BCUT2D eigenvalue weighted by molar-refractivity contribution is 8.00. The fraction of sp³-hybridized carbons (Fsp3) is 0.900. The first-order valence-electron chi connectivity index (χ1n) is 5.49. The standard InChI is InChI=1S/C10H17F3N2OS/c1-9(3-2-4-17-9)6-14-5-8(16)15-7-10(11,12)13/h14H,2-7H2,1H3,(H,15,16). The zero-order valence-electron chi connectivity index (χ0n) is 9.69. The summed E-state index contributed by atoms with van der Waals surface area (Å²) in [5, 5.41) is 4.73. The molecule has 1 amide bonds. The van der Waals surface area contributed by atoms with Crippen molar-refractivity contribution < 1.29 is 18.0 Å². The van der Waals surface area contributed by atoms with E-state index in [0.29, 0.717) is 6.54 Å². The highest BCUT2D eigenvalue weighted by atomic mass is 32.2. The number of amides is 1. The summed E-state index contributed by atoms with van der Waals surface area (Å²) in [7, 11) is 0. The van der Waals surface area contributed by atoms with Crippen molar-refractivity contribution in [2.24, 2.45) is 0 Å². The fourth-order valence-electron chi connectivity index (χ4n) is 1.68. The Morgan fingerprint density at radius 1 is 1.47 bits per heavy atom. The Morgan fingerprint density at radius 3 is 2.71 bits per heavy atom. The minimum Gasteiger partial charge on any atom is -0.346 e. The fourth-order valence-corrected chi connectivity index (χ4v) is 2.95. The van der Waals surface area contributed by atoms with Crippen LogP contribution in [0.25, 0.3) is 0 Å². The molecule has 1 atom stereocenters. The monoisotopic (exact) mass is 270 g/mol. The summed E-state index contributed by atoms with van der Waals surface area (Å²) in [4.78, 5) is 11.1. The predicted molar refractivity (Wildman–Crippen MR) is 62.0 cm³/mol. The normalized spacial score (nSPS) is 24.9. The number of carbonyl (C=O) groups excluding carboxylic acids is 1. The average Bonchev–Trinajstić information content (AvgIpc) is 2.61. The number of thioether (sulfide) groups is 1. The van der Waals surface area contributed by atoms with Gasteiger partial charge in [0.1, 0.15) is 6.54 Å². The van der Waals surface area contributed by atoms with E-state index in [1.54, 1.807) is 0 Å². The summed E-state index contributed by atoms with van der Waals surface area (Å²) in [6, 6.07) is 0. The summed E-state index contributed by atoms with van der Waals surface area (Å²) < 4.78 is 35.5. The van der Waals surface area contributed by atoms with Gasteiger partial charge >= 0.3 is 6.18 Å². The van der Waals surface area contributed by atoms with Gasteiger partial charge < -0.3 is 10.6 Å². The molecule has 1 unspecified atom stereocenters. The number of hydrogen-bond acceptors (Lipinski definition) is 3. The molecule has 0 aliphatic carbocycles. The van der Waals surface area contributed by atoms with Crippen molar-refractivity contribution in [1.29, 1.82) is 0 Å². The van der Waals surface area contributed by atoms with Gasteiger partial charge in [-0.1, -0.05) is 0 Å². The van der Waals surface area contributed by atoms with E-state index in [9.17, 15) is 18.0 Å². The van der Waals surface area contributed by atoms with Gasteiger partial charge in [-0.15, -0.1) is 0 Å². The van der Waals surface area contributed by atoms with Crippen LogP contribution in [0, 0.1) is 0 Å². The van der Waals surface area contributed by atoms with Gasteiger partial charge in [0.2, 0.25) is 5.91 Å². The molecule has 0 aromatic heterocycles. The van der Waals surface area contributed by atoms with Gasteiger partial charge in [0.05, 0.1) is 6.54 Å². The lowest BCUT2D eigenvalue weighted by Crippen LogP contribution is -2.42. The number of carbonyl (C=O) groups is 1. The lowest BCUT2D eigenvalue weighted by molar-refractivity contribution is -0.137. The number of nitrogens with one attached hydrogen (secondary N) is 2. The zero-order valence-corrected chi connectivity index (χ0v) is 10.5. The van der Waals surface area contributed by atoms with Crippen LogP contribution in [0.2, 0.25) is 0 Å². The van der Waals surface area contributed by atoms with Crippen molar-refractivity contribution in [1.82, 2.24) is 10.6 Å². The van der Waals surface area contributed by atoms with Gasteiger partial charge in [-0.2, -0.15) is 24.9 Å². The van der Waals surface area contributed by atoms with Crippen LogP contribution in [-0.4, -0.2) is 42.2 Å². The van der Waals surface area contributed by atoms with Crippen LogP contribution in [0.5, 0.6) is 0 Å². The molecule has 17 heavy (non-hydrogen) atoms. The largest absolute Gasteiger partial charge is 0.405 e. The third kappa shape index (κ3) is 6.16. The van der Waals surface area contributed by atoms with Crippen LogP contribution in [0.15, 0.2) is 0 Å². The quantitative estimate of drug-likeness (QED) is 0.796. The first-order valence-corrected chi connectivity index (χ1v) is 6.47. The molecule has 1 rings (SSSR count). The SMILES string of the molecule is CC1(CNCC(=O)NCC(F)(F)F)CCCS1. The van der Waals surface area contributed by atoms with Crippen molar-refractivity contribution in [3.05, 3.63) is 0 Å². The Bertz CT molecular complexity index is 265. The van der Waals surface area contributed by atoms with Gasteiger partial charge in [-0.05, 0) is 25.5 Å². The molecule has 7 heteroatoms. The molecule has 0 bridgehead atoms. The van der Waals surface area contributed by atoms with E-state index < -0.39 is 18.6 Å². The zero-order chi connectivity index (χ0) is 12.9. The summed E-state index contributed by atoms with van der Waals surface area (Å²) in [5.41, 5.74) is 0. The molecule has 1 aliphatic rings. The topological polar surface area (TPSA) is 41.1 Å². The van der Waals surface area contributed by atoms with Gasteiger partial charge in [-0.3, -0.25) is 4.79 Å². The van der Waals surface area contributed by atoms with Crippen molar-refractivity contribution in [3.63, 3.8) is 0 Å². The molecule has 0 saturated carbocycles. The van der Waals surface area contributed by atoms with Crippen LogP contribution < -0.4 is 10.6 Å². The maximum Gasteiger partial charge on any atom is 0.405 e. The maximum atomic E-state index is 11.8. The molecule has 0 radical (unpaired) electrons. The molecule has 1 heterocycles. The number of halogens is 3. The smallest absolute Gasteiger partial charge is 0.346 e. The third-order valence-corrected chi connectivity index (χ3v) is 4.11. The van der Waals surface area contributed by atoms with Gasteiger partial charge in [0.15, 0.2) is 0 Å². The number of alkyl halides is 3. The van der Waals surface area contributed by atoms with Crippen LogP contribution in [0.1, 0.15) is 19.8 Å². The van der Waals surface area contributed by atoms with Crippen LogP contribution in [0.4, 0.5) is 13.2 Å². The first-order chi connectivity index (χ1) is 7.81. The summed E-state index contributed by atoms with van der Waals surface area (Å²) in [6.45, 7) is 1.42. The number of rotatable bonds is 5. The van der Waals surface area contributed by atoms with E-state index in [0.717, 1.165) is 18.6 Å². The maximum absolute atomic E-state index is 11.8. The minimum atomic E-state index is -4.34. The second kappa shape index (κ2) is 5.95. The van der Waals surface area contributed by atoms with Gasteiger partial charge in [-0.25, -0.2) is 0 Å². The van der Waals surface area contributed by atoms with Gasteiger partial charge in [0.25, 0.3) is 0 Å². The van der Waals surface area contributed by atoms with E-state index in [1.807, 2.05) is 17.1 Å². The highest BCUT2D eigenvalue weighted by Gasteiger charge is 2.30. The van der Waals surface area contributed by atoms with Crippen molar-refractivity contribution in [2.45, 2.75) is 30.7 Å². The lowest BCUT2D eigenvalue weighted by Gasteiger charge is -2.22. The third-order valence-electron chi connectivity index (χ3n) is 2.57. The van der Waals surface area contributed by atoms with E-state index in [2.05, 4.69) is 12.2 Å². The highest BCUT2D eigenvalue weighted by Crippen LogP contribution is 2.36. The Labute approximate surface area is 103 Å². The van der Waals surface area contributed by atoms with Crippen LogP contribution in [-0.2, 0) is 4.79 Å². The Hall–Kier alpha value is -0.430. The van der Waals surface area contributed by atoms with E-state index in [4.69, 9.17) is 0 Å². The molecule has 100 valence electrons. The van der Waals surface area contributed by atoms with Crippen molar-refractivity contribution >= 4 is 17.7 Å². The molecule has 0 aromatic carbocycles. The minimum absolute atomic E-state index is 0.0633. The average molecular weight is 270 g/mol. The molecule has 2 N–H and O–H groups in total. The first kappa shape index (κ1) is 14.6. The summed E-state index contributed by atoms with van der Waals surface area (Å²) >= 11 is 1.84. The molecular formula is C10H17F3N2OS. The second-order valence-electron chi connectivity index (χ2n) is 4.40. The lowest BCUT2D eigenvalue weighted by atomic mass is 10.1. The van der Waals surface area contributed by atoms with Crippen molar-refractivity contribution in [2.75, 3.05) is 25.4 Å². The van der Waals surface area contributed by atoms with E-state index >= 15 is 0 Å². The molecule has 1 saturated heterocycles. The molecule has 1 aliphatic heterocycles. The van der Waals surface area contributed by atoms with Crippen LogP contribution in [0.3, 0.4) is 0 Å². The van der Waals surface area contributed by atoms with Crippen molar-refractivity contribution in [3.8, 4) is 0 Å². The van der Waals surface area contributed by atoms with E-state index in [-0.39, 0.29) is 11.3 Å². The molecule has 0 aromatic rings. The second-order valence-corrected chi connectivity index (χ2v) is 6.08. The van der Waals surface area contributed by atoms with Crippen LogP contribution >= 0.6 is 11.8 Å². The Kier molecular flexibility index (Phi) is 5.12. The van der Waals surface area contributed by atoms with E-state index in [1.165, 1.54) is 0 Å². The predicted octanol–water partition coefficient (Wildman–Crippen LogP) is 1.54. The Balaban J connectivity index is 2.12. The molecule has 1 fully saturated rings.